The number of hydrogen-bond acceptors (Lipinski definition) is 4. The number of hydrogen-bond donors (Lipinski definition) is 1. The lowest BCUT2D eigenvalue weighted by atomic mass is 10.1. The number of rotatable bonds is 4. The minimum Gasteiger partial charge on any atom is -0.479 e. The fourth-order valence-corrected chi connectivity index (χ4v) is 2.70. The molecule has 2 atom stereocenters. The van der Waals surface area contributed by atoms with E-state index in [1.54, 1.807) is 31.5 Å². The standard InChI is InChI=1S/C16H20N4O2/c1-11-9-20-10-13(5-6-15(20)18-11)19-16(21)12(2)22-14-4-3-7-17-8-14/h3-4,7-9,12-13H,5-6,10H2,1-2H3,(H,19,21). The predicted octanol–water partition coefficient (Wildman–Crippen LogP) is 1.49. The first kappa shape index (κ1) is 14.6. The van der Waals surface area contributed by atoms with Gasteiger partial charge in [0.2, 0.25) is 0 Å². The molecule has 1 aliphatic rings. The van der Waals surface area contributed by atoms with Gasteiger partial charge in [-0.25, -0.2) is 4.98 Å². The van der Waals surface area contributed by atoms with E-state index in [4.69, 9.17) is 4.74 Å². The molecule has 0 fully saturated rings. The second kappa shape index (κ2) is 6.17. The highest BCUT2D eigenvalue weighted by atomic mass is 16.5. The molecule has 116 valence electrons. The largest absolute Gasteiger partial charge is 0.479 e. The summed E-state index contributed by atoms with van der Waals surface area (Å²) in [7, 11) is 0. The molecule has 6 heteroatoms. The van der Waals surface area contributed by atoms with Crippen LogP contribution in [-0.4, -0.2) is 32.6 Å². The van der Waals surface area contributed by atoms with Crippen molar-refractivity contribution < 1.29 is 9.53 Å². The topological polar surface area (TPSA) is 69.0 Å². The Morgan fingerprint density at radius 2 is 2.41 bits per heavy atom. The molecule has 2 aromatic heterocycles. The lowest BCUT2D eigenvalue weighted by Gasteiger charge is -2.26. The molecule has 1 amide bonds. The van der Waals surface area contributed by atoms with Crippen molar-refractivity contribution >= 4 is 5.91 Å². The van der Waals surface area contributed by atoms with E-state index in [9.17, 15) is 4.79 Å². The second-order valence-electron chi connectivity index (χ2n) is 5.64. The molecule has 0 aliphatic carbocycles. The van der Waals surface area contributed by atoms with Crippen molar-refractivity contribution in [3.8, 4) is 5.75 Å². The molecule has 1 N–H and O–H groups in total. The quantitative estimate of drug-likeness (QED) is 0.928. The number of amides is 1. The average Bonchev–Trinajstić information content (AvgIpc) is 2.87. The summed E-state index contributed by atoms with van der Waals surface area (Å²) in [6.07, 6.45) is 6.55. The summed E-state index contributed by atoms with van der Waals surface area (Å²) < 4.78 is 7.72. The van der Waals surface area contributed by atoms with E-state index in [0.717, 1.165) is 30.9 Å². The third-order valence-electron chi connectivity index (χ3n) is 3.78. The number of aryl methyl sites for hydroxylation is 2. The zero-order valence-electron chi connectivity index (χ0n) is 12.8. The van der Waals surface area contributed by atoms with Crippen molar-refractivity contribution in [1.29, 1.82) is 0 Å². The number of nitrogens with one attached hydrogen (secondary N) is 1. The first-order valence-corrected chi connectivity index (χ1v) is 7.51. The molecule has 0 radical (unpaired) electrons. The molecule has 3 rings (SSSR count). The van der Waals surface area contributed by atoms with Crippen LogP contribution in [0.2, 0.25) is 0 Å². The fraction of sp³-hybridized carbons (Fsp3) is 0.438. The fourth-order valence-electron chi connectivity index (χ4n) is 2.70. The molecule has 0 spiro atoms. The van der Waals surface area contributed by atoms with Crippen LogP contribution in [0, 0.1) is 6.92 Å². The van der Waals surface area contributed by atoms with E-state index >= 15 is 0 Å². The third-order valence-corrected chi connectivity index (χ3v) is 3.78. The minimum atomic E-state index is -0.546. The Labute approximate surface area is 129 Å². The minimum absolute atomic E-state index is 0.103. The van der Waals surface area contributed by atoms with E-state index in [2.05, 4.69) is 19.9 Å². The van der Waals surface area contributed by atoms with Crippen molar-refractivity contribution in [3.05, 3.63) is 42.2 Å². The molecule has 2 unspecified atom stereocenters. The lowest BCUT2D eigenvalue weighted by molar-refractivity contribution is -0.128. The number of carbonyl (C=O) groups is 1. The van der Waals surface area contributed by atoms with E-state index in [1.807, 2.05) is 13.1 Å². The van der Waals surface area contributed by atoms with E-state index in [1.165, 1.54) is 0 Å². The average molecular weight is 300 g/mol. The summed E-state index contributed by atoms with van der Waals surface area (Å²) in [5.74, 6) is 1.60. The summed E-state index contributed by atoms with van der Waals surface area (Å²) in [5.41, 5.74) is 1.02. The van der Waals surface area contributed by atoms with Crippen LogP contribution in [0.15, 0.2) is 30.7 Å². The number of pyridine rings is 1. The molecule has 0 aromatic carbocycles. The Balaban J connectivity index is 1.56. The van der Waals surface area contributed by atoms with Gasteiger partial charge in [-0.3, -0.25) is 9.78 Å². The van der Waals surface area contributed by atoms with Gasteiger partial charge in [0.15, 0.2) is 6.10 Å². The summed E-state index contributed by atoms with van der Waals surface area (Å²) in [4.78, 5) is 20.7. The van der Waals surface area contributed by atoms with Crippen molar-refractivity contribution in [3.63, 3.8) is 0 Å². The van der Waals surface area contributed by atoms with Gasteiger partial charge in [0.05, 0.1) is 11.9 Å². The first-order valence-electron chi connectivity index (χ1n) is 7.51. The van der Waals surface area contributed by atoms with Crippen LogP contribution in [0.3, 0.4) is 0 Å². The smallest absolute Gasteiger partial charge is 0.261 e. The van der Waals surface area contributed by atoms with Crippen LogP contribution >= 0.6 is 0 Å². The van der Waals surface area contributed by atoms with Gasteiger partial charge in [-0.15, -0.1) is 0 Å². The molecular formula is C16H20N4O2. The summed E-state index contributed by atoms with van der Waals surface area (Å²) in [6, 6.07) is 3.69. The Morgan fingerprint density at radius 1 is 1.55 bits per heavy atom. The number of carbonyl (C=O) groups excluding carboxylic acids is 1. The molecule has 2 aromatic rings. The highest BCUT2D eigenvalue weighted by Crippen LogP contribution is 2.15. The Morgan fingerprint density at radius 3 is 3.18 bits per heavy atom. The molecule has 0 saturated carbocycles. The second-order valence-corrected chi connectivity index (χ2v) is 5.64. The summed E-state index contributed by atoms with van der Waals surface area (Å²) in [6.45, 7) is 4.50. The zero-order valence-corrected chi connectivity index (χ0v) is 12.8. The molecule has 1 aliphatic heterocycles. The zero-order chi connectivity index (χ0) is 15.5. The van der Waals surface area contributed by atoms with Crippen LogP contribution in [-0.2, 0) is 17.8 Å². The van der Waals surface area contributed by atoms with Gasteiger partial charge in [0, 0.05) is 31.4 Å². The molecule has 6 nitrogen and oxygen atoms in total. The molecule has 3 heterocycles. The monoisotopic (exact) mass is 300 g/mol. The Kier molecular flexibility index (Phi) is 4.09. The molecule has 0 saturated heterocycles. The number of aromatic nitrogens is 3. The normalized spacial score (nSPS) is 18.4. The maximum absolute atomic E-state index is 12.3. The van der Waals surface area contributed by atoms with Crippen LogP contribution in [0.4, 0.5) is 0 Å². The maximum Gasteiger partial charge on any atom is 0.261 e. The van der Waals surface area contributed by atoms with E-state index in [-0.39, 0.29) is 11.9 Å². The van der Waals surface area contributed by atoms with Gasteiger partial charge in [0.1, 0.15) is 11.6 Å². The SMILES string of the molecule is Cc1cn2c(n1)CCC(NC(=O)C(C)Oc1cccnc1)C2. The lowest BCUT2D eigenvalue weighted by Crippen LogP contribution is -2.46. The van der Waals surface area contributed by atoms with Gasteiger partial charge in [-0.2, -0.15) is 0 Å². The third kappa shape index (κ3) is 3.27. The van der Waals surface area contributed by atoms with Crippen molar-refractivity contribution in [2.75, 3.05) is 0 Å². The van der Waals surface area contributed by atoms with Gasteiger partial charge in [-0.1, -0.05) is 0 Å². The Hall–Kier alpha value is -2.37. The maximum atomic E-state index is 12.3. The summed E-state index contributed by atoms with van der Waals surface area (Å²) >= 11 is 0. The van der Waals surface area contributed by atoms with Crippen molar-refractivity contribution in [2.45, 2.75) is 45.4 Å². The van der Waals surface area contributed by atoms with Crippen LogP contribution in [0.5, 0.6) is 5.75 Å². The number of ether oxygens (including phenoxy) is 1. The van der Waals surface area contributed by atoms with Crippen LogP contribution in [0.1, 0.15) is 24.9 Å². The van der Waals surface area contributed by atoms with Crippen LogP contribution < -0.4 is 10.1 Å². The Bertz CT molecular complexity index is 653. The van der Waals surface area contributed by atoms with Gasteiger partial charge < -0.3 is 14.6 Å². The van der Waals surface area contributed by atoms with Crippen LogP contribution in [0.25, 0.3) is 0 Å². The summed E-state index contributed by atoms with van der Waals surface area (Å²) in [5, 5.41) is 3.06. The van der Waals surface area contributed by atoms with Crippen molar-refractivity contribution in [2.24, 2.45) is 0 Å². The number of imidazole rings is 1. The van der Waals surface area contributed by atoms with Gasteiger partial charge >= 0.3 is 0 Å². The highest BCUT2D eigenvalue weighted by Gasteiger charge is 2.24. The number of nitrogens with zero attached hydrogens (tertiary/aromatic N) is 3. The molecule has 22 heavy (non-hydrogen) atoms. The molecule has 0 bridgehead atoms. The van der Waals surface area contributed by atoms with E-state index < -0.39 is 6.10 Å². The highest BCUT2D eigenvalue weighted by molar-refractivity contribution is 5.81. The first-order chi connectivity index (χ1) is 10.6. The molecular weight excluding hydrogens is 280 g/mol. The van der Waals surface area contributed by atoms with Gasteiger partial charge in [-0.05, 0) is 32.4 Å². The van der Waals surface area contributed by atoms with Gasteiger partial charge in [0.25, 0.3) is 5.91 Å². The predicted molar refractivity (Wildman–Crippen MR) is 81.5 cm³/mol. The van der Waals surface area contributed by atoms with E-state index in [0.29, 0.717) is 5.75 Å². The van der Waals surface area contributed by atoms with Crippen molar-refractivity contribution in [1.82, 2.24) is 19.9 Å². The number of fused-ring (bicyclic) bond motifs is 1.